The monoisotopic (exact) mass is 359 g/mol. The van der Waals surface area contributed by atoms with Gasteiger partial charge in [-0.15, -0.1) is 0 Å². The second kappa shape index (κ2) is 6.25. The number of nitrogens with zero attached hydrogens (tertiary/aromatic N) is 2. The number of halogens is 1. The van der Waals surface area contributed by atoms with E-state index in [-0.39, 0.29) is 12.6 Å². The lowest BCUT2D eigenvalue weighted by Gasteiger charge is -2.11. The first-order valence-corrected chi connectivity index (χ1v) is 8.46. The number of hydrogen-bond acceptors (Lipinski definition) is 5. The maximum Gasteiger partial charge on any atom is 0.231 e. The molecule has 0 radical (unpaired) electrons. The third kappa shape index (κ3) is 2.91. The van der Waals surface area contributed by atoms with E-state index in [4.69, 9.17) is 9.47 Å². The van der Waals surface area contributed by atoms with E-state index >= 15 is 0 Å². The van der Waals surface area contributed by atoms with Gasteiger partial charge in [0.2, 0.25) is 6.79 Å². The Morgan fingerprint density at radius 3 is 2.56 bits per heavy atom. The first kappa shape index (κ1) is 15.6. The summed E-state index contributed by atoms with van der Waals surface area (Å²) < 4.78 is 24.0. The lowest BCUT2D eigenvalue weighted by atomic mass is 10.1. The molecule has 1 N–H and O–H groups in total. The average Bonchev–Trinajstić information content (AvgIpc) is 3.16. The van der Waals surface area contributed by atoms with Gasteiger partial charge >= 0.3 is 0 Å². The number of nitrogens with one attached hydrogen (secondary N) is 1. The van der Waals surface area contributed by atoms with Crippen molar-refractivity contribution in [3.8, 4) is 22.9 Å². The topological polar surface area (TPSA) is 56.3 Å². The zero-order valence-electron chi connectivity index (χ0n) is 14.1. The standard InChI is InChI=1S/C21H14FN3O2/c22-14-7-5-13(6-8-14)20-24-17-4-2-1-3-16(17)21(25-20)23-15-9-10-18-19(11-15)27-12-26-18/h1-11H,12H2,(H,23,24,25). The molecule has 0 unspecified atom stereocenters. The normalized spacial score (nSPS) is 12.3. The number of rotatable bonds is 3. The largest absolute Gasteiger partial charge is 0.454 e. The van der Waals surface area contributed by atoms with E-state index in [1.165, 1.54) is 12.1 Å². The molecule has 0 atom stereocenters. The van der Waals surface area contributed by atoms with Gasteiger partial charge in [0.1, 0.15) is 11.6 Å². The highest BCUT2D eigenvalue weighted by Gasteiger charge is 2.15. The van der Waals surface area contributed by atoms with Gasteiger partial charge in [-0.1, -0.05) is 12.1 Å². The van der Waals surface area contributed by atoms with Crippen molar-refractivity contribution < 1.29 is 13.9 Å². The summed E-state index contributed by atoms with van der Waals surface area (Å²) in [5.74, 6) is 2.31. The number of para-hydroxylation sites is 1. The molecule has 0 bridgehead atoms. The maximum atomic E-state index is 13.3. The van der Waals surface area contributed by atoms with E-state index in [9.17, 15) is 4.39 Å². The fourth-order valence-corrected chi connectivity index (χ4v) is 3.01. The summed E-state index contributed by atoms with van der Waals surface area (Å²) in [6.45, 7) is 0.226. The van der Waals surface area contributed by atoms with Crippen molar-refractivity contribution in [3.63, 3.8) is 0 Å². The number of fused-ring (bicyclic) bond motifs is 2. The third-order valence-electron chi connectivity index (χ3n) is 4.34. The third-order valence-corrected chi connectivity index (χ3v) is 4.34. The fourth-order valence-electron chi connectivity index (χ4n) is 3.01. The molecule has 132 valence electrons. The molecule has 0 saturated heterocycles. The lowest BCUT2D eigenvalue weighted by molar-refractivity contribution is 0.174. The lowest BCUT2D eigenvalue weighted by Crippen LogP contribution is -1.99. The molecular weight excluding hydrogens is 345 g/mol. The van der Waals surface area contributed by atoms with Crippen molar-refractivity contribution in [1.29, 1.82) is 0 Å². The van der Waals surface area contributed by atoms with Crippen molar-refractivity contribution >= 4 is 22.4 Å². The Bertz CT molecular complexity index is 1150. The van der Waals surface area contributed by atoms with E-state index in [2.05, 4.69) is 15.3 Å². The van der Waals surface area contributed by atoms with E-state index in [0.29, 0.717) is 17.4 Å². The molecule has 0 saturated carbocycles. The molecule has 5 nitrogen and oxygen atoms in total. The van der Waals surface area contributed by atoms with E-state index in [1.54, 1.807) is 12.1 Å². The van der Waals surface area contributed by atoms with E-state index in [1.807, 2.05) is 42.5 Å². The predicted molar refractivity (Wildman–Crippen MR) is 101 cm³/mol. The van der Waals surface area contributed by atoms with Crippen molar-refractivity contribution in [2.75, 3.05) is 12.1 Å². The highest BCUT2D eigenvalue weighted by Crippen LogP contribution is 2.36. The van der Waals surface area contributed by atoms with Gasteiger partial charge in [-0.05, 0) is 48.5 Å². The summed E-state index contributed by atoms with van der Waals surface area (Å²) in [4.78, 5) is 9.29. The van der Waals surface area contributed by atoms with Gasteiger partial charge in [-0.2, -0.15) is 0 Å². The second-order valence-electron chi connectivity index (χ2n) is 6.11. The molecule has 6 heteroatoms. The molecule has 2 heterocycles. The van der Waals surface area contributed by atoms with Gasteiger partial charge in [-0.25, -0.2) is 14.4 Å². The average molecular weight is 359 g/mol. The highest BCUT2D eigenvalue weighted by molar-refractivity contribution is 5.92. The molecule has 1 aliphatic rings. The van der Waals surface area contributed by atoms with E-state index < -0.39 is 0 Å². The molecule has 0 fully saturated rings. The van der Waals surface area contributed by atoms with Gasteiger partial charge in [0, 0.05) is 22.7 Å². The Kier molecular flexibility index (Phi) is 3.60. The van der Waals surface area contributed by atoms with Crippen LogP contribution in [0.3, 0.4) is 0 Å². The zero-order chi connectivity index (χ0) is 18.2. The number of ether oxygens (including phenoxy) is 2. The van der Waals surface area contributed by atoms with Gasteiger partial charge in [0.05, 0.1) is 5.52 Å². The van der Waals surface area contributed by atoms with Gasteiger partial charge in [0.25, 0.3) is 0 Å². The molecule has 1 aromatic heterocycles. The number of benzene rings is 3. The minimum absolute atomic E-state index is 0.226. The van der Waals surface area contributed by atoms with Crippen LogP contribution in [0.1, 0.15) is 0 Å². The summed E-state index contributed by atoms with van der Waals surface area (Å²) in [5.41, 5.74) is 2.37. The Balaban J connectivity index is 1.60. The second-order valence-corrected chi connectivity index (χ2v) is 6.11. The summed E-state index contributed by atoms with van der Waals surface area (Å²) in [5, 5.41) is 4.23. The zero-order valence-corrected chi connectivity index (χ0v) is 14.1. The van der Waals surface area contributed by atoms with Crippen molar-refractivity contribution in [3.05, 3.63) is 72.5 Å². The van der Waals surface area contributed by atoms with Crippen molar-refractivity contribution in [2.24, 2.45) is 0 Å². The first-order valence-electron chi connectivity index (χ1n) is 8.46. The van der Waals surface area contributed by atoms with Crippen LogP contribution in [0.15, 0.2) is 66.7 Å². The Labute approximate surface area is 154 Å². The molecular formula is C21H14FN3O2. The van der Waals surface area contributed by atoms with Crippen LogP contribution in [0.25, 0.3) is 22.3 Å². The number of aromatic nitrogens is 2. The SMILES string of the molecule is Fc1ccc(-c2nc(Nc3ccc4c(c3)OCO4)c3ccccc3n2)cc1. The first-order chi connectivity index (χ1) is 13.3. The molecule has 0 spiro atoms. The highest BCUT2D eigenvalue weighted by atomic mass is 19.1. The summed E-state index contributed by atoms with van der Waals surface area (Å²) in [6, 6.07) is 19.5. The maximum absolute atomic E-state index is 13.3. The minimum Gasteiger partial charge on any atom is -0.454 e. The Hall–Kier alpha value is -3.67. The van der Waals surface area contributed by atoms with Crippen LogP contribution < -0.4 is 14.8 Å². The van der Waals surface area contributed by atoms with Crippen LogP contribution in [0.5, 0.6) is 11.5 Å². The van der Waals surface area contributed by atoms with Crippen LogP contribution in [0.4, 0.5) is 15.9 Å². The molecule has 4 aromatic rings. The fraction of sp³-hybridized carbons (Fsp3) is 0.0476. The van der Waals surface area contributed by atoms with Crippen LogP contribution >= 0.6 is 0 Å². The smallest absolute Gasteiger partial charge is 0.231 e. The van der Waals surface area contributed by atoms with Crippen LogP contribution in [0.2, 0.25) is 0 Å². The quantitative estimate of drug-likeness (QED) is 0.563. The Morgan fingerprint density at radius 2 is 1.67 bits per heavy atom. The van der Waals surface area contributed by atoms with Crippen LogP contribution in [-0.2, 0) is 0 Å². The van der Waals surface area contributed by atoms with Crippen molar-refractivity contribution in [1.82, 2.24) is 9.97 Å². The van der Waals surface area contributed by atoms with E-state index in [0.717, 1.165) is 27.9 Å². The molecule has 0 amide bonds. The van der Waals surface area contributed by atoms with Crippen molar-refractivity contribution in [2.45, 2.75) is 0 Å². The summed E-state index contributed by atoms with van der Waals surface area (Å²) in [7, 11) is 0. The van der Waals surface area contributed by atoms with Crippen LogP contribution in [-0.4, -0.2) is 16.8 Å². The molecule has 3 aromatic carbocycles. The molecule has 1 aliphatic heterocycles. The Morgan fingerprint density at radius 1 is 0.852 bits per heavy atom. The number of hydrogen-bond donors (Lipinski definition) is 1. The van der Waals surface area contributed by atoms with Crippen LogP contribution in [0, 0.1) is 5.82 Å². The van der Waals surface area contributed by atoms with Gasteiger partial charge < -0.3 is 14.8 Å². The molecule has 0 aliphatic carbocycles. The minimum atomic E-state index is -0.293. The predicted octanol–water partition coefficient (Wildman–Crippen LogP) is 4.91. The molecule has 5 rings (SSSR count). The summed E-state index contributed by atoms with van der Waals surface area (Å²) >= 11 is 0. The van der Waals surface area contributed by atoms with Gasteiger partial charge in [0.15, 0.2) is 17.3 Å². The molecule has 27 heavy (non-hydrogen) atoms. The number of anilines is 2. The van der Waals surface area contributed by atoms with Gasteiger partial charge in [-0.3, -0.25) is 0 Å². The summed E-state index contributed by atoms with van der Waals surface area (Å²) in [6.07, 6.45) is 0.